The van der Waals surface area contributed by atoms with E-state index in [1.165, 1.54) is 11.8 Å². The van der Waals surface area contributed by atoms with E-state index in [1.807, 2.05) is 30.0 Å². The number of aryl methyl sites for hydroxylation is 2. The molecule has 168 valence electrons. The summed E-state index contributed by atoms with van der Waals surface area (Å²) in [6.45, 7) is 2.56. The van der Waals surface area contributed by atoms with Crippen LogP contribution in [-0.2, 0) is 12.8 Å². The van der Waals surface area contributed by atoms with Gasteiger partial charge in [0.2, 0.25) is 0 Å². The molecule has 0 saturated carbocycles. The largest absolute Gasteiger partial charge is 0.455 e. The molecule has 0 spiro atoms. The van der Waals surface area contributed by atoms with Crippen molar-refractivity contribution in [1.82, 2.24) is 10.4 Å². The highest BCUT2D eigenvalue weighted by Gasteiger charge is 2.32. The number of fused-ring (bicyclic) bond motifs is 2. The Bertz CT molecular complexity index is 1280. The van der Waals surface area contributed by atoms with Gasteiger partial charge in [0.1, 0.15) is 5.76 Å². The SMILES string of the molecule is Cc1c(C(=O)N2CCCc3ccccc32)oc2c1/C(=N/NC(=O)c1cncc(Br)c1)CCC2. The van der Waals surface area contributed by atoms with Crippen LogP contribution in [-0.4, -0.2) is 29.1 Å². The Morgan fingerprint density at radius 1 is 1.15 bits per heavy atom. The number of para-hydroxylation sites is 1. The molecule has 2 aromatic heterocycles. The molecule has 2 amide bonds. The molecule has 0 fully saturated rings. The fourth-order valence-electron chi connectivity index (χ4n) is 4.57. The number of rotatable bonds is 3. The lowest BCUT2D eigenvalue weighted by Crippen LogP contribution is -2.35. The average molecular weight is 507 g/mol. The van der Waals surface area contributed by atoms with Crippen molar-refractivity contribution in [1.29, 1.82) is 0 Å². The van der Waals surface area contributed by atoms with Crippen LogP contribution in [0.15, 0.2) is 56.7 Å². The highest BCUT2D eigenvalue weighted by atomic mass is 79.9. The van der Waals surface area contributed by atoms with Crippen LogP contribution in [0.3, 0.4) is 0 Å². The van der Waals surface area contributed by atoms with E-state index in [-0.39, 0.29) is 11.8 Å². The van der Waals surface area contributed by atoms with E-state index in [4.69, 9.17) is 4.42 Å². The number of carbonyl (C=O) groups excluding carboxylic acids is 2. The Morgan fingerprint density at radius 2 is 2.00 bits per heavy atom. The summed E-state index contributed by atoms with van der Waals surface area (Å²) in [5.74, 6) is 0.641. The van der Waals surface area contributed by atoms with Crippen LogP contribution < -0.4 is 10.3 Å². The van der Waals surface area contributed by atoms with E-state index in [9.17, 15) is 9.59 Å². The summed E-state index contributed by atoms with van der Waals surface area (Å²) in [6, 6.07) is 9.71. The van der Waals surface area contributed by atoms with E-state index in [0.717, 1.165) is 58.4 Å². The number of nitrogens with zero attached hydrogens (tertiary/aromatic N) is 3. The standard InChI is InChI=1S/C25H23BrN4O3/c1-15-22-19(28-29-24(31)17-12-18(26)14-27-13-17)8-4-10-21(22)33-23(15)25(32)30-11-5-7-16-6-2-3-9-20(16)30/h2-3,6,9,12-14H,4-5,7-8,10-11H2,1H3,(H,29,31)/b28-19+. The third-order valence-electron chi connectivity index (χ3n) is 6.13. The van der Waals surface area contributed by atoms with E-state index >= 15 is 0 Å². The predicted molar refractivity (Wildman–Crippen MR) is 129 cm³/mol. The van der Waals surface area contributed by atoms with Crippen molar-refractivity contribution in [3.63, 3.8) is 0 Å². The van der Waals surface area contributed by atoms with Crippen LogP contribution in [0.4, 0.5) is 5.69 Å². The fourth-order valence-corrected chi connectivity index (χ4v) is 4.93. The van der Waals surface area contributed by atoms with Gasteiger partial charge in [-0.1, -0.05) is 18.2 Å². The number of hydrazone groups is 1. The van der Waals surface area contributed by atoms with Crippen molar-refractivity contribution >= 4 is 39.1 Å². The lowest BCUT2D eigenvalue weighted by atomic mass is 9.93. The van der Waals surface area contributed by atoms with E-state index in [2.05, 4.69) is 37.5 Å². The highest BCUT2D eigenvalue weighted by Crippen LogP contribution is 2.33. The second kappa shape index (κ2) is 8.94. The molecule has 0 radical (unpaired) electrons. The molecule has 0 atom stereocenters. The van der Waals surface area contributed by atoms with Crippen molar-refractivity contribution in [3.8, 4) is 0 Å². The van der Waals surface area contributed by atoms with E-state index < -0.39 is 0 Å². The molecular formula is C25H23BrN4O3. The van der Waals surface area contributed by atoms with E-state index in [1.54, 1.807) is 12.3 Å². The number of pyridine rings is 1. The number of nitrogens with one attached hydrogen (secondary N) is 1. The van der Waals surface area contributed by atoms with Gasteiger partial charge in [-0.25, -0.2) is 5.43 Å². The minimum atomic E-state index is -0.342. The second-order valence-corrected chi connectivity index (χ2v) is 9.20. The van der Waals surface area contributed by atoms with Crippen molar-refractivity contribution in [2.24, 2.45) is 5.10 Å². The first-order valence-electron chi connectivity index (χ1n) is 11.0. The number of hydrogen-bond donors (Lipinski definition) is 1. The normalized spacial score (nSPS) is 16.3. The van der Waals surface area contributed by atoms with Gasteiger partial charge in [-0.15, -0.1) is 0 Å². The maximum atomic E-state index is 13.5. The molecule has 1 aromatic carbocycles. The maximum Gasteiger partial charge on any atom is 0.294 e. The minimum Gasteiger partial charge on any atom is -0.455 e. The molecule has 2 aliphatic rings. The zero-order chi connectivity index (χ0) is 22.9. The van der Waals surface area contributed by atoms with Gasteiger partial charge in [0.25, 0.3) is 11.8 Å². The smallest absolute Gasteiger partial charge is 0.294 e. The Labute approximate surface area is 200 Å². The zero-order valence-corrected chi connectivity index (χ0v) is 19.8. The number of aromatic nitrogens is 1. The molecule has 3 aromatic rings. The summed E-state index contributed by atoms with van der Waals surface area (Å²) >= 11 is 3.32. The van der Waals surface area contributed by atoms with Crippen LogP contribution in [0.5, 0.6) is 0 Å². The van der Waals surface area contributed by atoms with Gasteiger partial charge in [0.05, 0.1) is 11.3 Å². The molecule has 0 bridgehead atoms. The van der Waals surface area contributed by atoms with Crippen LogP contribution in [0.1, 0.15) is 62.6 Å². The lowest BCUT2D eigenvalue weighted by molar-refractivity contribution is 0.0947. The maximum absolute atomic E-state index is 13.5. The molecule has 7 nitrogen and oxygen atoms in total. The molecule has 3 heterocycles. The van der Waals surface area contributed by atoms with Crippen LogP contribution in [0.2, 0.25) is 0 Å². The quantitative estimate of drug-likeness (QED) is 0.516. The molecular weight excluding hydrogens is 484 g/mol. The number of amides is 2. The predicted octanol–water partition coefficient (Wildman–Crippen LogP) is 4.81. The number of furan rings is 1. The monoisotopic (exact) mass is 506 g/mol. The third-order valence-corrected chi connectivity index (χ3v) is 6.57. The first-order valence-corrected chi connectivity index (χ1v) is 11.8. The summed E-state index contributed by atoms with van der Waals surface area (Å²) < 4.78 is 6.82. The number of carbonyl (C=O) groups is 2. The molecule has 1 aliphatic heterocycles. The first kappa shape index (κ1) is 21.6. The molecule has 8 heteroatoms. The molecule has 5 rings (SSSR count). The topological polar surface area (TPSA) is 87.8 Å². The summed E-state index contributed by atoms with van der Waals surface area (Å²) in [4.78, 5) is 31.8. The third kappa shape index (κ3) is 4.11. The summed E-state index contributed by atoms with van der Waals surface area (Å²) in [5.41, 5.74) is 7.51. The van der Waals surface area contributed by atoms with Crippen molar-refractivity contribution < 1.29 is 14.0 Å². The molecule has 1 N–H and O–H groups in total. The molecule has 1 aliphatic carbocycles. The summed E-state index contributed by atoms with van der Waals surface area (Å²) in [7, 11) is 0. The highest BCUT2D eigenvalue weighted by molar-refractivity contribution is 9.10. The van der Waals surface area contributed by atoms with Gasteiger partial charge in [-0.05, 0) is 66.2 Å². The van der Waals surface area contributed by atoms with Crippen LogP contribution in [0, 0.1) is 6.92 Å². The van der Waals surface area contributed by atoms with E-state index in [0.29, 0.717) is 24.3 Å². The van der Waals surface area contributed by atoms with Gasteiger partial charge in [0, 0.05) is 46.6 Å². The fraction of sp³-hybridized carbons (Fsp3) is 0.280. The molecule has 33 heavy (non-hydrogen) atoms. The van der Waals surface area contributed by atoms with Crippen LogP contribution in [0.25, 0.3) is 0 Å². The zero-order valence-electron chi connectivity index (χ0n) is 18.2. The van der Waals surface area contributed by atoms with Crippen molar-refractivity contribution in [2.45, 2.75) is 39.0 Å². The van der Waals surface area contributed by atoms with Gasteiger partial charge in [0.15, 0.2) is 5.76 Å². The summed E-state index contributed by atoms with van der Waals surface area (Å²) in [5, 5.41) is 4.40. The number of halogens is 1. The van der Waals surface area contributed by atoms with Crippen molar-refractivity contribution in [2.75, 3.05) is 11.4 Å². The minimum absolute atomic E-state index is 0.127. The van der Waals surface area contributed by atoms with Gasteiger partial charge in [-0.2, -0.15) is 5.10 Å². The second-order valence-electron chi connectivity index (χ2n) is 8.29. The number of hydrogen-bond acceptors (Lipinski definition) is 5. The van der Waals surface area contributed by atoms with Gasteiger partial charge >= 0.3 is 0 Å². The Balaban J connectivity index is 1.43. The Morgan fingerprint density at radius 3 is 2.85 bits per heavy atom. The lowest BCUT2D eigenvalue weighted by Gasteiger charge is -2.28. The van der Waals surface area contributed by atoms with Crippen LogP contribution >= 0.6 is 15.9 Å². The average Bonchev–Trinajstić information content (AvgIpc) is 3.18. The number of anilines is 1. The summed E-state index contributed by atoms with van der Waals surface area (Å²) in [6.07, 6.45) is 7.27. The Kier molecular flexibility index (Phi) is 5.85. The Hall–Kier alpha value is -3.26. The number of benzene rings is 1. The molecule has 0 saturated heterocycles. The van der Waals surface area contributed by atoms with Gasteiger partial charge in [-0.3, -0.25) is 14.6 Å². The molecule has 0 unspecified atom stereocenters. The van der Waals surface area contributed by atoms with Gasteiger partial charge < -0.3 is 9.32 Å². The van der Waals surface area contributed by atoms with Crippen molar-refractivity contribution in [3.05, 3.63) is 81.0 Å². The first-order chi connectivity index (χ1) is 16.0.